The van der Waals surface area contributed by atoms with Gasteiger partial charge < -0.3 is 5.73 Å². The lowest BCUT2D eigenvalue weighted by atomic mass is 10.1. The third-order valence-electron chi connectivity index (χ3n) is 4.69. The van der Waals surface area contributed by atoms with Crippen LogP contribution in [0.15, 0.2) is 29.4 Å². The Balaban J connectivity index is 1.51. The second-order valence-electron chi connectivity index (χ2n) is 6.82. The molecule has 1 unspecified atom stereocenters. The van der Waals surface area contributed by atoms with Crippen LogP contribution in [0.1, 0.15) is 25.1 Å². The SMILES string of the molecule is CC(C)N1CCN(CC=Cc2ccc(C3(N)N=C(N)NN3)cn2)CC1. The molecule has 2 aliphatic heterocycles. The van der Waals surface area contributed by atoms with Crippen molar-refractivity contribution in [3.8, 4) is 0 Å². The molecule has 136 valence electrons. The van der Waals surface area contributed by atoms with E-state index in [0.717, 1.165) is 44.0 Å². The van der Waals surface area contributed by atoms with Crippen LogP contribution in [0.2, 0.25) is 0 Å². The molecule has 1 aromatic heterocycles. The maximum atomic E-state index is 6.14. The standard InChI is InChI=1S/C17H28N8/c1-13(2)25-10-8-24(9-11-25)7-3-4-15-6-5-14(12-20-15)17(19)21-16(18)22-23-17/h3-6,12-13,23H,7-11,19H2,1-2H3,(H3,18,21,22). The molecule has 6 N–H and O–H groups in total. The second kappa shape index (κ2) is 7.49. The lowest BCUT2D eigenvalue weighted by molar-refractivity contribution is 0.117. The van der Waals surface area contributed by atoms with E-state index in [-0.39, 0.29) is 5.96 Å². The zero-order chi connectivity index (χ0) is 17.9. The fourth-order valence-electron chi connectivity index (χ4n) is 3.06. The number of aliphatic imine (C=N–C) groups is 1. The lowest BCUT2D eigenvalue weighted by Crippen LogP contribution is -2.50. The highest BCUT2D eigenvalue weighted by Crippen LogP contribution is 2.18. The van der Waals surface area contributed by atoms with Crippen LogP contribution in [0.4, 0.5) is 0 Å². The van der Waals surface area contributed by atoms with Crippen LogP contribution in [-0.2, 0) is 5.79 Å². The maximum absolute atomic E-state index is 6.14. The summed E-state index contributed by atoms with van der Waals surface area (Å²) in [5.74, 6) is -0.792. The van der Waals surface area contributed by atoms with Crippen LogP contribution < -0.4 is 22.3 Å². The van der Waals surface area contributed by atoms with Crippen molar-refractivity contribution < 1.29 is 0 Å². The number of guanidine groups is 1. The molecule has 1 saturated heterocycles. The van der Waals surface area contributed by atoms with Gasteiger partial charge in [-0.05, 0) is 26.0 Å². The molecule has 0 amide bonds. The van der Waals surface area contributed by atoms with Crippen molar-refractivity contribution in [1.82, 2.24) is 25.6 Å². The number of hydrazine groups is 1. The molecule has 1 aromatic rings. The van der Waals surface area contributed by atoms with Gasteiger partial charge in [0, 0.05) is 50.5 Å². The van der Waals surface area contributed by atoms with Gasteiger partial charge in [0.05, 0.1) is 5.69 Å². The Morgan fingerprint density at radius 2 is 2.04 bits per heavy atom. The average Bonchev–Trinajstić information content (AvgIpc) is 2.96. The van der Waals surface area contributed by atoms with Gasteiger partial charge in [0.15, 0.2) is 0 Å². The molecule has 0 saturated carbocycles. The number of aromatic nitrogens is 1. The van der Waals surface area contributed by atoms with Gasteiger partial charge in [0.25, 0.3) is 0 Å². The minimum atomic E-state index is -1.06. The van der Waals surface area contributed by atoms with Gasteiger partial charge in [-0.2, -0.15) is 5.43 Å². The summed E-state index contributed by atoms with van der Waals surface area (Å²) in [4.78, 5) is 13.6. The predicted molar refractivity (Wildman–Crippen MR) is 100 cm³/mol. The third kappa shape index (κ3) is 4.35. The summed E-state index contributed by atoms with van der Waals surface area (Å²) in [5.41, 5.74) is 18.9. The van der Waals surface area contributed by atoms with Crippen molar-refractivity contribution in [2.24, 2.45) is 16.5 Å². The smallest absolute Gasteiger partial charge is 0.210 e. The highest BCUT2D eigenvalue weighted by Gasteiger charge is 2.31. The van der Waals surface area contributed by atoms with Crippen molar-refractivity contribution in [2.75, 3.05) is 32.7 Å². The Morgan fingerprint density at radius 3 is 2.60 bits per heavy atom. The van der Waals surface area contributed by atoms with E-state index in [1.807, 2.05) is 18.2 Å². The average molecular weight is 344 g/mol. The number of hydrogen-bond acceptors (Lipinski definition) is 8. The summed E-state index contributed by atoms with van der Waals surface area (Å²) in [5, 5.41) is 0. The number of hydrogen-bond donors (Lipinski definition) is 4. The molecule has 25 heavy (non-hydrogen) atoms. The minimum Gasteiger partial charge on any atom is -0.369 e. The molecule has 0 radical (unpaired) electrons. The van der Waals surface area contributed by atoms with Crippen molar-refractivity contribution in [3.05, 3.63) is 35.7 Å². The Hall–Kier alpha value is -2.00. The molecule has 3 rings (SSSR count). The fraction of sp³-hybridized carbons (Fsp3) is 0.529. The molecule has 8 heteroatoms. The van der Waals surface area contributed by atoms with E-state index >= 15 is 0 Å². The lowest BCUT2D eigenvalue weighted by Gasteiger charge is -2.36. The minimum absolute atomic E-state index is 0.268. The number of rotatable bonds is 5. The normalized spacial score (nSPS) is 25.5. The molecule has 3 heterocycles. The van der Waals surface area contributed by atoms with E-state index in [1.165, 1.54) is 0 Å². The van der Waals surface area contributed by atoms with Gasteiger partial charge in [-0.25, -0.2) is 4.99 Å². The van der Waals surface area contributed by atoms with Gasteiger partial charge in [0.1, 0.15) is 0 Å². The molecule has 0 aromatic carbocycles. The number of pyridine rings is 1. The van der Waals surface area contributed by atoms with E-state index < -0.39 is 5.79 Å². The molecule has 8 nitrogen and oxygen atoms in total. The predicted octanol–water partition coefficient (Wildman–Crippen LogP) is -0.388. The van der Waals surface area contributed by atoms with Crippen LogP contribution in [0, 0.1) is 0 Å². The van der Waals surface area contributed by atoms with E-state index in [9.17, 15) is 0 Å². The Morgan fingerprint density at radius 1 is 1.28 bits per heavy atom. The summed E-state index contributed by atoms with van der Waals surface area (Å²) in [6.07, 6.45) is 5.92. The van der Waals surface area contributed by atoms with E-state index in [4.69, 9.17) is 11.5 Å². The first-order valence-electron chi connectivity index (χ1n) is 8.73. The zero-order valence-corrected chi connectivity index (χ0v) is 14.9. The van der Waals surface area contributed by atoms with E-state index in [1.54, 1.807) is 6.20 Å². The molecule has 2 aliphatic rings. The molecule has 0 spiro atoms. The monoisotopic (exact) mass is 344 g/mol. The molecule has 0 aliphatic carbocycles. The van der Waals surface area contributed by atoms with E-state index in [2.05, 4.69) is 50.6 Å². The number of nitrogens with two attached hydrogens (primary N) is 2. The van der Waals surface area contributed by atoms with Gasteiger partial charge in [-0.1, -0.05) is 12.1 Å². The fourth-order valence-corrected chi connectivity index (χ4v) is 3.06. The highest BCUT2D eigenvalue weighted by atomic mass is 15.6. The summed E-state index contributed by atoms with van der Waals surface area (Å²) in [6.45, 7) is 9.97. The van der Waals surface area contributed by atoms with Crippen molar-refractivity contribution in [2.45, 2.75) is 25.7 Å². The summed E-state index contributed by atoms with van der Waals surface area (Å²) in [6, 6.07) is 4.48. The molecule has 0 bridgehead atoms. The van der Waals surface area contributed by atoms with Gasteiger partial charge in [0.2, 0.25) is 11.7 Å². The molecular weight excluding hydrogens is 316 g/mol. The Bertz CT molecular complexity index is 631. The van der Waals surface area contributed by atoms with Gasteiger partial charge >= 0.3 is 0 Å². The Kier molecular flexibility index (Phi) is 5.33. The van der Waals surface area contributed by atoms with Crippen LogP contribution in [0.25, 0.3) is 6.08 Å². The Labute approximate surface area is 148 Å². The van der Waals surface area contributed by atoms with Crippen LogP contribution >= 0.6 is 0 Å². The van der Waals surface area contributed by atoms with Crippen molar-refractivity contribution in [3.63, 3.8) is 0 Å². The number of nitrogens with one attached hydrogen (secondary N) is 2. The quantitative estimate of drug-likeness (QED) is 0.576. The highest BCUT2D eigenvalue weighted by molar-refractivity contribution is 5.79. The summed E-state index contributed by atoms with van der Waals surface area (Å²) in [7, 11) is 0. The van der Waals surface area contributed by atoms with Crippen molar-refractivity contribution >= 4 is 12.0 Å². The largest absolute Gasteiger partial charge is 0.369 e. The van der Waals surface area contributed by atoms with Gasteiger partial charge in [-0.15, -0.1) is 0 Å². The topological polar surface area (TPSA) is 108 Å². The first kappa shape index (κ1) is 17.8. The number of nitrogens with zero attached hydrogens (tertiary/aromatic N) is 4. The summed E-state index contributed by atoms with van der Waals surface area (Å²) < 4.78 is 0. The first-order chi connectivity index (χ1) is 12.0. The summed E-state index contributed by atoms with van der Waals surface area (Å²) >= 11 is 0. The third-order valence-corrected chi connectivity index (χ3v) is 4.69. The van der Waals surface area contributed by atoms with Crippen LogP contribution in [0.5, 0.6) is 0 Å². The van der Waals surface area contributed by atoms with E-state index in [0.29, 0.717) is 6.04 Å². The van der Waals surface area contributed by atoms with Crippen LogP contribution in [0.3, 0.4) is 0 Å². The second-order valence-corrected chi connectivity index (χ2v) is 6.82. The van der Waals surface area contributed by atoms with Crippen molar-refractivity contribution in [1.29, 1.82) is 0 Å². The molecular formula is C17H28N8. The number of piperazine rings is 1. The zero-order valence-electron chi connectivity index (χ0n) is 14.9. The van der Waals surface area contributed by atoms with Crippen LogP contribution in [-0.4, -0.2) is 59.5 Å². The maximum Gasteiger partial charge on any atom is 0.210 e. The van der Waals surface area contributed by atoms with Gasteiger partial charge in [-0.3, -0.25) is 25.9 Å². The molecule has 1 fully saturated rings. The molecule has 1 atom stereocenters. The first-order valence-corrected chi connectivity index (χ1v) is 8.73.